The molecule has 28 heavy (non-hydrogen) atoms. The molecule has 0 aliphatic heterocycles. The van der Waals surface area contributed by atoms with E-state index in [1.54, 1.807) is 33.8 Å². The van der Waals surface area contributed by atoms with Crippen molar-refractivity contribution in [3.8, 4) is 6.07 Å². The first-order chi connectivity index (χ1) is 13.2. The fraction of sp³-hybridized carbons (Fsp3) is 0.409. The van der Waals surface area contributed by atoms with Gasteiger partial charge in [0.2, 0.25) is 0 Å². The van der Waals surface area contributed by atoms with E-state index in [0.29, 0.717) is 26.0 Å². The Bertz CT molecular complexity index is 926. The van der Waals surface area contributed by atoms with E-state index in [4.69, 9.17) is 9.47 Å². The Kier molecular flexibility index (Phi) is 7.00. The van der Waals surface area contributed by atoms with Crippen molar-refractivity contribution in [2.24, 2.45) is 0 Å². The molecule has 1 aromatic carbocycles. The molecule has 0 radical (unpaired) electrons. The van der Waals surface area contributed by atoms with Gasteiger partial charge in [-0.3, -0.25) is 4.79 Å². The van der Waals surface area contributed by atoms with Crippen LogP contribution in [0.1, 0.15) is 46.1 Å². The quantitative estimate of drug-likeness (QED) is 0.406. The summed E-state index contributed by atoms with van der Waals surface area (Å²) in [5, 5.41) is 10.3. The molecule has 0 bridgehead atoms. The molecule has 1 aromatic heterocycles. The van der Waals surface area contributed by atoms with Crippen LogP contribution in [-0.2, 0) is 25.6 Å². The average molecular weight is 382 g/mol. The summed E-state index contributed by atoms with van der Waals surface area (Å²) in [5.41, 5.74) is 1.01. The van der Waals surface area contributed by atoms with Crippen molar-refractivity contribution in [1.82, 2.24) is 4.57 Å². The molecule has 0 aliphatic rings. The first-order valence-corrected chi connectivity index (χ1v) is 9.33. The summed E-state index contributed by atoms with van der Waals surface area (Å²) in [6, 6.07) is 9.67. The van der Waals surface area contributed by atoms with Gasteiger partial charge in [-0.25, -0.2) is 4.79 Å². The number of hydrogen-bond acceptors (Lipinski definition) is 5. The van der Waals surface area contributed by atoms with Crippen LogP contribution in [-0.4, -0.2) is 28.7 Å². The number of ether oxygens (including phenoxy) is 2. The van der Waals surface area contributed by atoms with Gasteiger partial charge in [0.15, 0.2) is 0 Å². The predicted molar refractivity (Wildman–Crippen MR) is 107 cm³/mol. The molecule has 2 aromatic rings. The van der Waals surface area contributed by atoms with Gasteiger partial charge in [0.25, 0.3) is 0 Å². The molecule has 0 fully saturated rings. The maximum Gasteiger partial charge on any atom is 0.349 e. The number of hydrogen-bond donors (Lipinski definition) is 0. The molecule has 6 nitrogen and oxygen atoms in total. The Morgan fingerprint density at radius 2 is 1.96 bits per heavy atom. The molecule has 0 saturated heterocycles. The molecule has 0 spiro atoms. The molecule has 0 aliphatic carbocycles. The highest BCUT2D eigenvalue weighted by molar-refractivity contribution is 6.01. The number of fused-ring (bicyclic) bond motifs is 1. The number of aryl methyl sites for hydroxylation is 1. The molecule has 0 atom stereocenters. The SMILES string of the molecule is CCOC(=O)CCCn1cc(/C=C(\C#N)C(=O)OC(C)(C)C)c2ccccc21. The second-order valence-electron chi connectivity index (χ2n) is 7.38. The molecule has 6 heteroatoms. The Morgan fingerprint density at radius 1 is 1.25 bits per heavy atom. The van der Waals surface area contributed by atoms with Crippen LogP contribution in [0, 0.1) is 11.3 Å². The fourth-order valence-corrected chi connectivity index (χ4v) is 2.83. The van der Waals surface area contributed by atoms with Gasteiger partial charge in [0.05, 0.1) is 6.61 Å². The molecule has 0 N–H and O–H groups in total. The van der Waals surface area contributed by atoms with Gasteiger partial charge in [0.1, 0.15) is 17.2 Å². The van der Waals surface area contributed by atoms with E-state index in [2.05, 4.69) is 0 Å². The van der Waals surface area contributed by atoms with Gasteiger partial charge < -0.3 is 14.0 Å². The number of carbonyl (C=O) groups is 2. The summed E-state index contributed by atoms with van der Waals surface area (Å²) in [4.78, 5) is 23.8. The number of nitriles is 1. The van der Waals surface area contributed by atoms with E-state index < -0.39 is 11.6 Å². The molecule has 148 valence electrons. The Balaban J connectivity index is 2.29. The van der Waals surface area contributed by atoms with Crippen molar-refractivity contribution < 1.29 is 19.1 Å². The average Bonchev–Trinajstić information content (AvgIpc) is 2.96. The van der Waals surface area contributed by atoms with E-state index in [1.807, 2.05) is 41.1 Å². The van der Waals surface area contributed by atoms with E-state index >= 15 is 0 Å². The van der Waals surface area contributed by atoms with Crippen LogP contribution in [0.15, 0.2) is 36.0 Å². The first kappa shape index (κ1) is 21.2. The predicted octanol–water partition coefficient (Wildman–Crippen LogP) is 4.23. The lowest BCUT2D eigenvalue weighted by atomic mass is 10.1. The summed E-state index contributed by atoms with van der Waals surface area (Å²) < 4.78 is 12.3. The topological polar surface area (TPSA) is 81.3 Å². The highest BCUT2D eigenvalue weighted by atomic mass is 16.6. The third kappa shape index (κ3) is 5.71. The van der Waals surface area contributed by atoms with Gasteiger partial charge in [-0.2, -0.15) is 5.26 Å². The van der Waals surface area contributed by atoms with E-state index in [-0.39, 0.29) is 11.5 Å². The van der Waals surface area contributed by atoms with E-state index in [9.17, 15) is 14.9 Å². The number of esters is 2. The zero-order valence-corrected chi connectivity index (χ0v) is 16.8. The summed E-state index contributed by atoms with van der Waals surface area (Å²) >= 11 is 0. The molecule has 0 saturated carbocycles. The molecule has 2 rings (SSSR count). The van der Waals surface area contributed by atoms with Crippen LogP contribution in [0.2, 0.25) is 0 Å². The third-order valence-electron chi connectivity index (χ3n) is 3.94. The Hall–Kier alpha value is -3.07. The molecule has 0 amide bonds. The van der Waals surface area contributed by atoms with E-state index in [1.165, 1.54) is 0 Å². The molecule has 0 unspecified atom stereocenters. The first-order valence-electron chi connectivity index (χ1n) is 9.33. The number of benzene rings is 1. The van der Waals surface area contributed by atoms with Crippen molar-refractivity contribution in [2.75, 3.05) is 6.61 Å². The highest BCUT2D eigenvalue weighted by Crippen LogP contribution is 2.25. The fourth-order valence-electron chi connectivity index (χ4n) is 2.83. The van der Waals surface area contributed by atoms with Crippen molar-refractivity contribution in [3.63, 3.8) is 0 Å². The second kappa shape index (κ2) is 9.23. The van der Waals surface area contributed by atoms with Crippen molar-refractivity contribution in [1.29, 1.82) is 5.26 Å². The summed E-state index contributed by atoms with van der Waals surface area (Å²) in [6.07, 6.45) is 4.42. The van der Waals surface area contributed by atoms with Gasteiger partial charge >= 0.3 is 11.9 Å². The van der Waals surface area contributed by atoms with Crippen LogP contribution in [0.25, 0.3) is 17.0 Å². The summed E-state index contributed by atoms with van der Waals surface area (Å²) in [7, 11) is 0. The molecule has 1 heterocycles. The smallest absolute Gasteiger partial charge is 0.349 e. The zero-order valence-electron chi connectivity index (χ0n) is 16.8. The number of nitrogens with zero attached hydrogens (tertiary/aromatic N) is 2. The maximum absolute atomic E-state index is 12.3. The number of aromatic nitrogens is 1. The summed E-state index contributed by atoms with van der Waals surface area (Å²) in [6.45, 7) is 8.07. The van der Waals surface area contributed by atoms with Crippen molar-refractivity contribution in [3.05, 3.63) is 41.6 Å². The zero-order chi connectivity index (χ0) is 20.7. The normalized spacial score (nSPS) is 11.9. The van der Waals surface area contributed by atoms with Crippen LogP contribution >= 0.6 is 0 Å². The Labute approximate surface area is 165 Å². The van der Waals surface area contributed by atoms with Gasteiger partial charge in [0, 0.05) is 35.6 Å². The van der Waals surface area contributed by atoms with Crippen LogP contribution < -0.4 is 0 Å². The van der Waals surface area contributed by atoms with Crippen LogP contribution in [0.4, 0.5) is 0 Å². The number of para-hydroxylation sites is 1. The lowest BCUT2D eigenvalue weighted by Crippen LogP contribution is -2.24. The van der Waals surface area contributed by atoms with Crippen LogP contribution in [0.3, 0.4) is 0 Å². The minimum Gasteiger partial charge on any atom is -0.466 e. The standard InChI is InChI=1S/C22H26N2O4/c1-5-27-20(25)11-8-12-24-15-17(18-9-6-7-10-19(18)24)13-16(14-23)21(26)28-22(2,3)4/h6-7,9-10,13,15H,5,8,11-12H2,1-4H3/b16-13+. The minimum atomic E-state index is -0.672. The number of rotatable bonds is 7. The van der Waals surface area contributed by atoms with Crippen molar-refractivity contribution in [2.45, 2.75) is 52.7 Å². The maximum atomic E-state index is 12.3. The summed E-state index contributed by atoms with van der Waals surface area (Å²) in [5.74, 6) is -0.857. The van der Waals surface area contributed by atoms with Gasteiger partial charge in [-0.15, -0.1) is 0 Å². The van der Waals surface area contributed by atoms with Gasteiger partial charge in [-0.1, -0.05) is 18.2 Å². The third-order valence-corrected chi connectivity index (χ3v) is 3.94. The van der Waals surface area contributed by atoms with Gasteiger partial charge in [-0.05, 0) is 46.3 Å². The number of carbonyl (C=O) groups excluding carboxylic acids is 2. The van der Waals surface area contributed by atoms with Crippen LogP contribution in [0.5, 0.6) is 0 Å². The minimum absolute atomic E-state index is 0.0515. The molecular weight excluding hydrogens is 356 g/mol. The van der Waals surface area contributed by atoms with Crippen molar-refractivity contribution >= 4 is 28.9 Å². The second-order valence-corrected chi connectivity index (χ2v) is 7.38. The molecular formula is C22H26N2O4. The highest BCUT2D eigenvalue weighted by Gasteiger charge is 2.20. The monoisotopic (exact) mass is 382 g/mol. The van der Waals surface area contributed by atoms with E-state index in [0.717, 1.165) is 16.5 Å². The largest absolute Gasteiger partial charge is 0.466 e. The lowest BCUT2D eigenvalue weighted by molar-refractivity contribution is -0.149. The Morgan fingerprint density at radius 3 is 2.61 bits per heavy atom. The lowest BCUT2D eigenvalue weighted by Gasteiger charge is -2.18.